The fraction of sp³-hybridized carbons (Fsp3) is 0.222. The fourth-order valence-corrected chi connectivity index (χ4v) is 1.39. The molecule has 0 fully saturated rings. The predicted molar refractivity (Wildman–Crippen MR) is 47.2 cm³/mol. The molecule has 0 saturated carbocycles. The number of nitriles is 1. The summed E-state index contributed by atoms with van der Waals surface area (Å²) in [5.41, 5.74) is 2.27. The van der Waals surface area contributed by atoms with Gasteiger partial charge in [0.1, 0.15) is 11.9 Å². The first-order chi connectivity index (χ1) is 6.24. The van der Waals surface area contributed by atoms with Gasteiger partial charge in [-0.15, -0.1) is 0 Å². The lowest BCUT2D eigenvalue weighted by Gasteiger charge is -2.02. The Hall–Kier alpha value is -1.89. The summed E-state index contributed by atoms with van der Waals surface area (Å²) in [6.45, 7) is 3.78. The van der Waals surface area contributed by atoms with Gasteiger partial charge >= 0.3 is 0 Å². The van der Waals surface area contributed by atoms with E-state index in [1.165, 1.54) is 0 Å². The maximum atomic E-state index is 8.78. The number of imidazole rings is 1. The first kappa shape index (κ1) is 7.74. The van der Waals surface area contributed by atoms with Gasteiger partial charge in [0.05, 0.1) is 11.8 Å². The lowest BCUT2D eigenvalue weighted by molar-refractivity contribution is 0.967. The van der Waals surface area contributed by atoms with Crippen molar-refractivity contribution in [3.63, 3.8) is 0 Å². The topological polar surface area (TPSA) is 54.0 Å². The summed E-state index contributed by atoms with van der Waals surface area (Å²) in [7, 11) is 0. The van der Waals surface area contributed by atoms with Gasteiger partial charge in [-0.05, 0) is 13.8 Å². The molecule has 0 spiro atoms. The molecule has 0 aromatic carbocycles. The van der Waals surface area contributed by atoms with Crippen LogP contribution in [0, 0.1) is 25.2 Å². The zero-order chi connectivity index (χ0) is 9.42. The maximum absolute atomic E-state index is 8.78. The van der Waals surface area contributed by atoms with Crippen molar-refractivity contribution < 1.29 is 0 Å². The predicted octanol–water partition coefficient (Wildman–Crippen LogP) is 1.22. The number of hydrogen-bond acceptors (Lipinski definition) is 3. The standard InChI is InChI=1S/C9H8N4/c1-6-8(3-10)4-12-9-5-11-7(2)13(6)9/h4-5H,1-2H3. The summed E-state index contributed by atoms with van der Waals surface area (Å²) in [6, 6.07) is 2.09. The molecular weight excluding hydrogens is 164 g/mol. The van der Waals surface area contributed by atoms with Crippen LogP contribution in [0.25, 0.3) is 5.65 Å². The SMILES string of the molecule is Cc1ncc2ncc(C#N)c(C)n12. The van der Waals surface area contributed by atoms with Crippen LogP contribution in [0.3, 0.4) is 0 Å². The molecule has 0 bridgehead atoms. The number of nitrogens with zero attached hydrogens (tertiary/aromatic N) is 4. The summed E-state index contributed by atoms with van der Waals surface area (Å²) in [5.74, 6) is 0.858. The highest BCUT2D eigenvalue weighted by Crippen LogP contribution is 2.10. The van der Waals surface area contributed by atoms with E-state index < -0.39 is 0 Å². The third kappa shape index (κ3) is 0.975. The Kier molecular flexibility index (Phi) is 1.52. The van der Waals surface area contributed by atoms with Gasteiger partial charge in [0.15, 0.2) is 5.65 Å². The zero-order valence-corrected chi connectivity index (χ0v) is 7.44. The van der Waals surface area contributed by atoms with Crippen LogP contribution in [-0.4, -0.2) is 14.4 Å². The van der Waals surface area contributed by atoms with Crippen molar-refractivity contribution in [3.8, 4) is 6.07 Å². The number of aryl methyl sites for hydroxylation is 2. The Bertz CT molecular complexity index is 504. The molecule has 2 aromatic heterocycles. The maximum Gasteiger partial charge on any atom is 0.156 e. The van der Waals surface area contributed by atoms with Gasteiger partial charge in [-0.25, -0.2) is 9.97 Å². The van der Waals surface area contributed by atoms with E-state index in [4.69, 9.17) is 5.26 Å². The van der Waals surface area contributed by atoms with Gasteiger partial charge in [0.25, 0.3) is 0 Å². The highest BCUT2D eigenvalue weighted by atomic mass is 15.1. The fourth-order valence-electron chi connectivity index (χ4n) is 1.39. The van der Waals surface area contributed by atoms with Crippen molar-refractivity contribution in [2.24, 2.45) is 0 Å². The quantitative estimate of drug-likeness (QED) is 0.600. The highest BCUT2D eigenvalue weighted by Gasteiger charge is 2.06. The monoisotopic (exact) mass is 172 g/mol. The molecule has 0 saturated heterocycles. The highest BCUT2D eigenvalue weighted by molar-refractivity contribution is 5.44. The molecule has 0 N–H and O–H groups in total. The number of hydrogen-bond donors (Lipinski definition) is 0. The van der Waals surface area contributed by atoms with Crippen LogP contribution in [0.2, 0.25) is 0 Å². The van der Waals surface area contributed by atoms with E-state index >= 15 is 0 Å². The molecule has 0 atom stereocenters. The first-order valence-electron chi connectivity index (χ1n) is 3.94. The Labute approximate surface area is 75.5 Å². The lowest BCUT2D eigenvalue weighted by Crippen LogP contribution is -1.98. The van der Waals surface area contributed by atoms with E-state index in [-0.39, 0.29) is 0 Å². The summed E-state index contributed by atoms with van der Waals surface area (Å²) in [4.78, 5) is 8.23. The summed E-state index contributed by atoms with van der Waals surface area (Å²) in [5, 5.41) is 8.78. The van der Waals surface area contributed by atoms with Gasteiger partial charge < -0.3 is 0 Å². The second kappa shape index (κ2) is 2.56. The van der Waals surface area contributed by atoms with Gasteiger partial charge in [0.2, 0.25) is 0 Å². The van der Waals surface area contributed by atoms with Crippen molar-refractivity contribution in [2.75, 3.05) is 0 Å². The molecular formula is C9H8N4. The average Bonchev–Trinajstić information content (AvgIpc) is 2.49. The first-order valence-corrected chi connectivity index (χ1v) is 3.94. The zero-order valence-electron chi connectivity index (χ0n) is 7.44. The Balaban J connectivity index is 2.93. The lowest BCUT2D eigenvalue weighted by atomic mass is 10.2. The largest absolute Gasteiger partial charge is 0.284 e. The third-order valence-corrected chi connectivity index (χ3v) is 2.09. The van der Waals surface area contributed by atoms with Crippen molar-refractivity contribution >= 4 is 5.65 Å². The van der Waals surface area contributed by atoms with E-state index in [1.54, 1.807) is 12.4 Å². The Morgan fingerprint density at radius 3 is 2.77 bits per heavy atom. The molecule has 0 unspecified atom stereocenters. The number of aromatic nitrogens is 3. The molecule has 0 aliphatic carbocycles. The van der Waals surface area contributed by atoms with Gasteiger partial charge in [0, 0.05) is 11.9 Å². The molecule has 13 heavy (non-hydrogen) atoms. The van der Waals surface area contributed by atoms with Gasteiger partial charge in [-0.2, -0.15) is 5.26 Å². The number of fused-ring (bicyclic) bond motifs is 1. The van der Waals surface area contributed by atoms with Crippen LogP contribution < -0.4 is 0 Å². The molecule has 64 valence electrons. The minimum Gasteiger partial charge on any atom is -0.284 e. The van der Waals surface area contributed by atoms with Gasteiger partial charge in [-0.3, -0.25) is 4.40 Å². The van der Waals surface area contributed by atoms with Gasteiger partial charge in [-0.1, -0.05) is 0 Å². The molecule has 2 aromatic rings. The molecule has 0 radical (unpaired) electrons. The van der Waals surface area contributed by atoms with Crippen LogP contribution in [0.4, 0.5) is 0 Å². The normalized spacial score (nSPS) is 10.2. The molecule has 0 amide bonds. The van der Waals surface area contributed by atoms with E-state index in [9.17, 15) is 0 Å². The van der Waals surface area contributed by atoms with E-state index in [1.807, 2.05) is 18.2 Å². The number of rotatable bonds is 0. The third-order valence-electron chi connectivity index (χ3n) is 2.09. The Morgan fingerprint density at radius 2 is 2.08 bits per heavy atom. The minimum atomic E-state index is 0.591. The van der Waals surface area contributed by atoms with Crippen molar-refractivity contribution in [2.45, 2.75) is 13.8 Å². The Morgan fingerprint density at radius 1 is 1.31 bits per heavy atom. The van der Waals surface area contributed by atoms with E-state index in [2.05, 4.69) is 16.0 Å². The van der Waals surface area contributed by atoms with Crippen molar-refractivity contribution in [3.05, 3.63) is 29.5 Å². The summed E-state index contributed by atoms with van der Waals surface area (Å²) < 4.78 is 1.87. The molecule has 2 rings (SSSR count). The van der Waals surface area contributed by atoms with E-state index in [0.717, 1.165) is 17.2 Å². The van der Waals surface area contributed by atoms with Crippen molar-refractivity contribution in [1.29, 1.82) is 5.26 Å². The second-order valence-electron chi connectivity index (χ2n) is 2.87. The van der Waals surface area contributed by atoms with Crippen LogP contribution in [0.1, 0.15) is 17.1 Å². The van der Waals surface area contributed by atoms with Crippen LogP contribution >= 0.6 is 0 Å². The molecule has 4 nitrogen and oxygen atoms in total. The second-order valence-corrected chi connectivity index (χ2v) is 2.87. The average molecular weight is 172 g/mol. The van der Waals surface area contributed by atoms with Crippen molar-refractivity contribution in [1.82, 2.24) is 14.4 Å². The molecule has 2 heterocycles. The summed E-state index contributed by atoms with van der Waals surface area (Å²) in [6.07, 6.45) is 3.27. The smallest absolute Gasteiger partial charge is 0.156 e. The van der Waals surface area contributed by atoms with E-state index in [0.29, 0.717) is 5.56 Å². The molecule has 0 aliphatic heterocycles. The van der Waals surface area contributed by atoms with Crippen LogP contribution in [0.5, 0.6) is 0 Å². The molecule has 0 aliphatic rings. The minimum absolute atomic E-state index is 0.591. The summed E-state index contributed by atoms with van der Waals surface area (Å²) >= 11 is 0. The van der Waals surface area contributed by atoms with Crippen LogP contribution in [0.15, 0.2) is 12.4 Å². The van der Waals surface area contributed by atoms with Crippen LogP contribution in [-0.2, 0) is 0 Å². The molecule has 4 heteroatoms.